The number of anilines is 1. The highest BCUT2D eigenvalue weighted by Crippen LogP contribution is 2.32. The van der Waals surface area contributed by atoms with Gasteiger partial charge in [-0.15, -0.1) is 0 Å². The first-order valence-corrected chi connectivity index (χ1v) is 7.23. The van der Waals surface area contributed by atoms with E-state index in [4.69, 9.17) is 9.47 Å². The van der Waals surface area contributed by atoms with Gasteiger partial charge in [-0.3, -0.25) is 0 Å². The molecule has 0 fully saturated rings. The summed E-state index contributed by atoms with van der Waals surface area (Å²) in [5.41, 5.74) is 3.58. The third kappa shape index (κ3) is 3.69. The van der Waals surface area contributed by atoms with Crippen molar-refractivity contribution >= 4 is 5.69 Å². The maximum absolute atomic E-state index is 5.38. The van der Waals surface area contributed by atoms with Gasteiger partial charge in [-0.05, 0) is 43.2 Å². The molecule has 0 aromatic heterocycles. The van der Waals surface area contributed by atoms with E-state index in [2.05, 4.69) is 49.5 Å². The minimum atomic E-state index is 0.243. The van der Waals surface area contributed by atoms with Crippen LogP contribution in [0.5, 0.6) is 11.5 Å². The van der Waals surface area contributed by atoms with Crippen molar-refractivity contribution in [2.45, 2.75) is 26.3 Å². The van der Waals surface area contributed by atoms with Crippen molar-refractivity contribution < 1.29 is 9.47 Å². The molecule has 1 unspecified atom stereocenters. The lowest BCUT2D eigenvalue weighted by molar-refractivity contribution is 0.354. The zero-order chi connectivity index (χ0) is 15.2. The van der Waals surface area contributed by atoms with E-state index in [0.717, 1.165) is 23.6 Å². The standard InChI is InChI=1S/C18H23NO2/c1-5-16(19-15-9-6-13(2)7-10-15)14-8-11-17(20-3)18(12-14)21-4/h6-12,16,19H,5H2,1-4H3. The summed E-state index contributed by atoms with van der Waals surface area (Å²) in [7, 11) is 3.31. The summed E-state index contributed by atoms with van der Waals surface area (Å²) in [6.07, 6.45) is 0.989. The van der Waals surface area contributed by atoms with Gasteiger partial charge in [-0.1, -0.05) is 30.7 Å². The number of nitrogens with one attached hydrogen (secondary N) is 1. The first-order valence-electron chi connectivity index (χ1n) is 7.23. The highest BCUT2D eigenvalue weighted by molar-refractivity contribution is 5.49. The number of hydrogen-bond donors (Lipinski definition) is 1. The van der Waals surface area contributed by atoms with Crippen LogP contribution in [0.3, 0.4) is 0 Å². The van der Waals surface area contributed by atoms with E-state index in [9.17, 15) is 0 Å². The Morgan fingerprint density at radius 1 is 0.952 bits per heavy atom. The average molecular weight is 285 g/mol. The molecule has 2 rings (SSSR count). The van der Waals surface area contributed by atoms with Crippen LogP contribution in [0.2, 0.25) is 0 Å². The second-order valence-electron chi connectivity index (χ2n) is 5.09. The van der Waals surface area contributed by atoms with Crippen molar-refractivity contribution in [2.75, 3.05) is 19.5 Å². The van der Waals surface area contributed by atoms with Crippen LogP contribution in [0.15, 0.2) is 42.5 Å². The Morgan fingerprint density at radius 3 is 2.19 bits per heavy atom. The molecule has 3 nitrogen and oxygen atoms in total. The Kier molecular flexibility index (Phi) is 5.09. The normalized spacial score (nSPS) is 11.8. The Morgan fingerprint density at radius 2 is 1.62 bits per heavy atom. The molecule has 0 radical (unpaired) electrons. The van der Waals surface area contributed by atoms with Gasteiger partial charge in [0.2, 0.25) is 0 Å². The van der Waals surface area contributed by atoms with E-state index in [0.29, 0.717) is 0 Å². The number of benzene rings is 2. The number of methoxy groups -OCH3 is 2. The summed E-state index contributed by atoms with van der Waals surface area (Å²) in [5.74, 6) is 1.52. The topological polar surface area (TPSA) is 30.5 Å². The Bertz CT molecular complexity index is 578. The van der Waals surface area contributed by atoms with Crippen LogP contribution in [0, 0.1) is 6.92 Å². The van der Waals surface area contributed by atoms with E-state index < -0.39 is 0 Å². The fourth-order valence-electron chi connectivity index (χ4n) is 2.34. The molecule has 0 bridgehead atoms. The van der Waals surface area contributed by atoms with Crippen molar-refractivity contribution in [3.8, 4) is 11.5 Å². The molecule has 0 aliphatic heterocycles. The molecule has 21 heavy (non-hydrogen) atoms. The molecule has 0 saturated heterocycles. The fraction of sp³-hybridized carbons (Fsp3) is 0.333. The van der Waals surface area contributed by atoms with E-state index >= 15 is 0 Å². The van der Waals surface area contributed by atoms with E-state index in [1.807, 2.05) is 12.1 Å². The first-order chi connectivity index (χ1) is 10.2. The van der Waals surface area contributed by atoms with Gasteiger partial charge in [0.25, 0.3) is 0 Å². The van der Waals surface area contributed by atoms with Gasteiger partial charge in [-0.25, -0.2) is 0 Å². The molecule has 0 aliphatic rings. The zero-order valence-corrected chi connectivity index (χ0v) is 13.1. The lowest BCUT2D eigenvalue weighted by Gasteiger charge is -2.20. The largest absolute Gasteiger partial charge is 0.493 e. The molecule has 0 aliphatic carbocycles. The minimum absolute atomic E-state index is 0.243. The number of ether oxygens (including phenoxy) is 2. The summed E-state index contributed by atoms with van der Waals surface area (Å²) in [5, 5.41) is 3.56. The molecular formula is C18H23NO2. The second kappa shape index (κ2) is 7.02. The molecule has 0 saturated carbocycles. The Labute approximate surface area is 126 Å². The van der Waals surface area contributed by atoms with E-state index in [1.165, 1.54) is 11.1 Å². The number of hydrogen-bond acceptors (Lipinski definition) is 3. The lowest BCUT2D eigenvalue weighted by Crippen LogP contribution is -2.10. The molecule has 1 atom stereocenters. The van der Waals surface area contributed by atoms with Crippen LogP contribution in [-0.2, 0) is 0 Å². The lowest BCUT2D eigenvalue weighted by atomic mass is 10.0. The van der Waals surface area contributed by atoms with Gasteiger partial charge < -0.3 is 14.8 Å². The summed E-state index contributed by atoms with van der Waals surface area (Å²) in [4.78, 5) is 0. The smallest absolute Gasteiger partial charge is 0.161 e. The minimum Gasteiger partial charge on any atom is -0.493 e. The highest BCUT2D eigenvalue weighted by Gasteiger charge is 2.12. The summed E-state index contributed by atoms with van der Waals surface area (Å²) >= 11 is 0. The van der Waals surface area contributed by atoms with E-state index in [1.54, 1.807) is 14.2 Å². The van der Waals surface area contributed by atoms with Crippen molar-refractivity contribution in [1.29, 1.82) is 0 Å². The first kappa shape index (κ1) is 15.2. The van der Waals surface area contributed by atoms with E-state index in [-0.39, 0.29) is 6.04 Å². The zero-order valence-electron chi connectivity index (χ0n) is 13.1. The maximum atomic E-state index is 5.38. The summed E-state index contributed by atoms with van der Waals surface area (Å²) in [6, 6.07) is 14.8. The summed E-state index contributed by atoms with van der Waals surface area (Å²) < 4.78 is 10.7. The van der Waals surface area contributed by atoms with Gasteiger partial charge in [-0.2, -0.15) is 0 Å². The SMILES string of the molecule is CCC(Nc1ccc(C)cc1)c1ccc(OC)c(OC)c1. The maximum Gasteiger partial charge on any atom is 0.161 e. The van der Waals surface area contributed by atoms with Gasteiger partial charge in [0.15, 0.2) is 11.5 Å². The van der Waals surface area contributed by atoms with Gasteiger partial charge in [0, 0.05) is 5.69 Å². The Balaban J connectivity index is 2.22. The quantitative estimate of drug-likeness (QED) is 0.843. The Hall–Kier alpha value is -2.16. The molecule has 0 heterocycles. The molecule has 1 N–H and O–H groups in total. The fourth-order valence-corrected chi connectivity index (χ4v) is 2.34. The van der Waals surface area contributed by atoms with Gasteiger partial charge >= 0.3 is 0 Å². The predicted molar refractivity (Wildman–Crippen MR) is 87.4 cm³/mol. The van der Waals surface area contributed by atoms with Gasteiger partial charge in [0.05, 0.1) is 20.3 Å². The average Bonchev–Trinajstić information content (AvgIpc) is 2.53. The van der Waals surface area contributed by atoms with Crippen molar-refractivity contribution in [2.24, 2.45) is 0 Å². The predicted octanol–water partition coefficient (Wildman–Crippen LogP) is 4.58. The van der Waals surface area contributed by atoms with Crippen LogP contribution in [0.25, 0.3) is 0 Å². The molecule has 3 heteroatoms. The van der Waals surface area contributed by atoms with Crippen molar-refractivity contribution in [3.05, 3.63) is 53.6 Å². The van der Waals surface area contributed by atoms with Crippen LogP contribution < -0.4 is 14.8 Å². The monoisotopic (exact) mass is 285 g/mol. The summed E-state index contributed by atoms with van der Waals surface area (Å²) in [6.45, 7) is 4.26. The highest BCUT2D eigenvalue weighted by atomic mass is 16.5. The van der Waals surface area contributed by atoms with Crippen molar-refractivity contribution in [1.82, 2.24) is 0 Å². The molecular weight excluding hydrogens is 262 g/mol. The van der Waals surface area contributed by atoms with Crippen LogP contribution >= 0.6 is 0 Å². The van der Waals surface area contributed by atoms with Crippen LogP contribution in [0.4, 0.5) is 5.69 Å². The number of rotatable bonds is 6. The second-order valence-corrected chi connectivity index (χ2v) is 5.09. The van der Waals surface area contributed by atoms with Gasteiger partial charge in [0.1, 0.15) is 0 Å². The van der Waals surface area contributed by atoms with Crippen molar-refractivity contribution in [3.63, 3.8) is 0 Å². The number of aryl methyl sites for hydroxylation is 1. The molecule has 2 aromatic carbocycles. The molecule has 112 valence electrons. The third-order valence-electron chi connectivity index (χ3n) is 3.61. The third-order valence-corrected chi connectivity index (χ3v) is 3.61. The van der Waals surface area contributed by atoms with Crippen LogP contribution in [-0.4, -0.2) is 14.2 Å². The molecule has 2 aromatic rings. The molecule has 0 spiro atoms. The molecule has 0 amide bonds. The van der Waals surface area contributed by atoms with Crippen LogP contribution in [0.1, 0.15) is 30.5 Å².